The molecule has 0 radical (unpaired) electrons. The molecule has 1 unspecified atom stereocenters. The number of benzene rings is 1. The Kier molecular flexibility index (Phi) is 5.68. The van der Waals surface area contributed by atoms with Gasteiger partial charge in [-0.2, -0.15) is 0 Å². The van der Waals surface area contributed by atoms with Crippen LogP contribution in [0.5, 0.6) is 5.75 Å². The molecule has 1 aliphatic rings. The maximum Gasteiger partial charge on any atom is 0.259 e. The Morgan fingerprint density at radius 2 is 2.10 bits per heavy atom. The third-order valence-corrected chi connectivity index (χ3v) is 8.43. The third-order valence-electron chi connectivity index (χ3n) is 5.29. The Morgan fingerprint density at radius 3 is 2.90 bits per heavy atom. The van der Waals surface area contributed by atoms with Gasteiger partial charge >= 0.3 is 0 Å². The van der Waals surface area contributed by atoms with E-state index in [2.05, 4.69) is 27.4 Å². The SMILES string of the molecule is COc1ccc(Nc2nnc(SCc3nc4sc5c(c4c(=O)[nH]3)CCC(C)C5)s2)cc1. The molecular weight excluding hydrogens is 450 g/mol. The van der Waals surface area contributed by atoms with E-state index in [4.69, 9.17) is 9.72 Å². The lowest BCUT2D eigenvalue weighted by atomic mass is 9.89. The molecule has 3 aromatic heterocycles. The summed E-state index contributed by atoms with van der Waals surface area (Å²) in [5, 5.41) is 13.2. The summed E-state index contributed by atoms with van der Waals surface area (Å²) in [5.41, 5.74) is 2.11. The van der Waals surface area contributed by atoms with Crippen LogP contribution in [-0.4, -0.2) is 27.3 Å². The van der Waals surface area contributed by atoms with Crippen molar-refractivity contribution in [3.05, 3.63) is 50.9 Å². The van der Waals surface area contributed by atoms with Gasteiger partial charge in [-0.15, -0.1) is 21.5 Å². The van der Waals surface area contributed by atoms with Gasteiger partial charge in [0, 0.05) is 10.6 Å². The molecule has 0 aliphatic heterocycles. The first-order chi connectivity index (χ1) is 15.1. The van der Waals surface area contributed by atoms with Gasteiger partial charge in [0.2, 0.25) is 5.13 Å². The molecule has 0 saturated carbocycles. The van der Waals surface area contributed by atoms with Gasteiger partial charge < -0.3 is 15.0 Å². The quantitative estimate of drug-likeness (QED) is 0.382. The van der Waals surface area contributed by atoms with Crippen molar-refractivity contribution in [3.63, 3.8) is 0 Å². The van der Waals surface area contributed by atoms with E-state index >= 15 is 0 Å². The summed E-state index contributed by atoms with van der Waals surface area (Å²) in [6, 6.07) is 7.64. The lowest BCUT2D eigenvalue weighted by molar-refractivity contribution is 0.415. The van der Waals surface area contributed by atoms with E-state index in [-0.39, 0.29) is 5.56 Å². The number of thiophene rings is 1. The summed E-state index contributed by atoms with van der Waals surface area (Å²) in [4.78, 5) is 22.6. The van der Waals surface area contributed by atoms with Gasteiger partial charge in [0.25, 0.3) is 5.56 Å². The molecule has 4 aromatic rings. The standard InChI is InChI=1S/C21H21N5O2S3/c1-11-3-8-14-15(9-11)30-19-17(14)18(27)23-16(24-19)10-29-21-26-25-20(31-21)22-12-4-6-13(28-2)7-5-12/h4-7,11H,3,8-10H2,1-2H3,(H,22,25)(H,23,24,27). The topological polar surface area (TPSA) is 92.8 Å². The number of fused-ring (bicyclic) bond motifs is 3. The highest BCUT2D eigenvalue weighted by atomic mass is 32.2. The second-order valence-electron chi connectivity index (χ2n) is 7.56. The number of hydrogen-bond acceptors (Lipinski definition) is 9. The molecule has 160 valence electrons. The first-order valence-corrected chi connectivity index (χ1v) is 12.6. The van der Waals surface area contributed by atoms with Gasteiger partial charge in [0.1, 0.15) is 16.4 Å². The highest BCUT2D eigenvalue weighted by Gasteiger charge is 2.23. The summed E-state index contributed by atoms with van der Waals surface area (Å²) in [6.07, 6.45) is 3.17. The van der Waals surface area contributed by atoms with Gasteiger partial charge in [-0.25, -0.2) is 4.98 Å². The van der Waals surface area contributed by atoms with Crippen LogP contribution in [-0.2, 0) is 18.6 Å². The highest BCUT2D eigenvalue weighted by Crippen LogP contribution is 2.36. The zero-order valence-corrected chi connectivity index (χ0v) is 19.5. The fourth-order valence-electron chi connectivity index (χ4n) is 3.71. The number of aromatic nitrogens is 4. The van der Waals surface area contributed by atoms with Gasteiger partial charge in [-0.05, 0) is 55.0 Å². The number of rotatable bonds is 6. The summed E-state index contributed by atoms with van der Waals surface area (Å²) in [6.45, 7) is 2.27. The van der Waals surface area contributed by atoms with E-state index in [1.54, 1.807) is 18.4 Å². The Morgan fingerprint density at radius 1 is 1.26 bits per heavy atom. The predicted molar refractivity (Wildman–Crippen MR) is 127 cm³/mol. The van der Waals surface area contributed by atoms with E-state index in [0.29, 0.717) is 22.6 Å². The third kappa shape index (κ3) is 4.32. The number of nitrogens with one attached hydrogen (secondary N) is 2. The fraction of sp³-hybridized carbons (Fsp3) is 0.333. The van der Waals surface area contributed by atoms with Crippen molar-refractivity contribution in [2.45, 2.75) is 36.3 Å². The first-order valence-electron chi connectivity index (χ1n) is 10.00. The van der Waals surface area contributed by atoms with Gasteiger partial charge in [-0.3, -0.25) is 4.79 Å². The Balaban J connectivity index is 1.28. The molecular formula is C21H21N5O2S3. The van der Waals surface area contributed by atoms with Gasteiger partial charge in [-0.1, -0.05) is 30.0 Å². The molecule has 0 bridgehead atoms. The van der Waals surface area contributed by atoms with E-state index in [9.17, 15) is 4.79 Å². The Bertz CT molecular complexity index is 1280. The Hall–Kier alpha value is -2.43. The zero-order valence-electron chi connectivity index (χ0n) is 17.1. The van der Waals surface area contributed by atoms with E-state index in [1.165, 1.54) is 33.5 Å². The molecule has 1 atom stereocenters. The minimum Gasteiger partial charge on any atom is -0.497 e. The highest BCUT2D eigenvalue weighted by molar-refractivity contribution is 8.00. The number of aryl methyl sites for hydroxylation is 1. The summed E-state index contributed by atoms with van der Waals surface area (Å²) in [7, 11) is 1.64. The smallest absolute Gasteiger partial charge is 0.259 e. The summed E-state index contributed by atoms with van der Waals surface area (Å²) >= 11 is 4.67. The molecule has 10 heteroatoms. The number of ether oxygens (including phenoxy) is 1. The maximum absolute atomic E-state index is 12.7. The van der Waals surface area contributed by atoms with Crippen molar-refractivity contribution < 1.29 is 4.74 Å². The molecule has 31 heavy (non-hydrogen) atoms. The summed E-state index contributed by atoms with van der Waals surface area (Å²) < 4.78 is 5.99. The van der Waals surface area contributed by atoms with E-state index < -0.39 is 0 Å². The number of H-pyrrole nitrogens is 1. The summed E-state index contributed by atoms with van der Waals surface area (Å²) in [5.74, 6) is 2.70. The van der Waals surface area contributed by atoms with Gasteiger partial charge in [0.05, 0.1) is 18.2 Å². The second kappa shape index (κ2) is 8.60. The predicted octanol–water partition coefficient (Wildman–Crippen LogP) is 5.01. The molecule has 5 rings (SSSR count). The number of thioether (sulfide) groups is 1. The van der Waals surface area contributed by atoms with Crippen LogP contribution in [0.2, 0.25) is 0 Å². The molecule has 1 aliphatic carbocycles. The number of anilines is 2. The number of hydrogen-bond donors (Lipinski definition) is 2. The normalized spacial score (nSPS) is 15.7. The largest absolute Gasteiger partial charge is 0.497 e. The minimum absolute atomic E-state index is 0.0215. The van der Waals surface area contributed by atoms with Crippen LogP contribution in [0.1, 0.15) is 29.6 Å². The average Bonchev–Trinajstić information content (AvgIpc) is 3.36. The van der Waals surface area contributed by atoms with Crippen molar-refractivity contribution >= 4 is 55.5 Å². The lowest BCUT2D eigenvalue weighted by Crippen LogP contribution is -2.14. The molecule has 0 amide bonds. The molecule has 3 heterocycles. The van der Waals surface area contributed by atoms with Crippen LogP contribution >= 0.6 is 34.4 Å². The van der Waals surface area contributed by atoms with Crippen LogP contribution in [0, 0.1) is 5.92 Å². The minimum atomic E-state index is -0.0215. The maximum atomic E-state index is 12.7. The lowest BCUT2D eigenvalue weighted by Gasteiger charge is -2.17. The van der Waals surface area contributed by atoms with Crippen LogP contribution in [0.3, 0.4) is 0 Å². The number of methoxy groups -OCH3 is 1. The zero-order chi connectivity index (χ0) is 21.4. The van der Waals surface area contributed by atoms with Crippen molar-refractivity contribution in [1.82, 2.24) is 20.2 Å². The molecule has 7 nitrogen and oxygen atoms in total. The fourth-order valence-corrected chi connectivity index (χ4v) is 6.75. The molecule has 0 saturated heterocycles. The first kappa shape index (κ1) is 20.5. The Labute approximate surface area is 191 Å². The average molecular weight is 472 g/mol. The molecule has 2 N–H and O–H groups in total. The van der Waals surface area contributed by atoms with Crippen molar-refractivity contribution in [2.75, 3.05) is 12.4 Å². The van der Waals surface area contributed by atoms with Crippen molar-refractivity contribution in [3.8, 4) is 5.75 Å². The monoisotopic (exact) mass is 471 g/mol. The van der Waals surface area contributed by atoms with Gasteiger partial charge in [0.15, 0.2) is 4.34 Å². The van der Waals surface area contributed by atoms with Crippen LogP contribution < -0.4 is 15.6 Å². The number of aromatic amines is 1. The van der Waals surface area contributed by atoms with Crippen molar-refractivity contribution in [2.24, 2.45) is 5.92 Å². The van der Waals surface area contributed by atoms with Crippen LogP contribution in [0.25, 0.3) is 10.2 Å². The van der Waals surface area contributed by atoms with Crippen LogP contribution in [0.4, 0.5) is 10.8 Å². The van der Waals surface area contributed by atoms with E-state index in [0.717, 1.165) is 45.3 Å². The van der Waals surface area contributed by atoms with Crippen LogP contribution in [0.15, 0.2) is 33.4 Å². The second-order valence-corrected chi connectivity index (χ2v) is 10.8. The molecule has 0 spiro atoms. The van der Waals surface area contributed by atoms with Crippen molar-refractivity contribution in [1.29, 1.82) is 0 Å². The number of nitrogens with zero attached hydrogens (tertiary/aromatic N) is 3. The van der Waals surface area contributed by atoms with E-state index in [1.807, 2.05) is 24.3 Å². The molecule has 1 aromatic carbocycles. The molecule has 0 fully saturated rings.